The second-order valence-electron chi connectivity index (χ2n) is 5.22. The van der Waals surface area contributed by atoms with Crippen molar-refractivity contribution in [3.8, 4) is 28.6 Å². The fraction of sp³-hybridized carbons (Fsp3) is 0.167. The lowest BCUT2D eigenvalue weighted by Gasteiger charge is -2.08. The molecular weight excluding hydrogens is 352 g/mol. The number of rotatable bonds is 6. The Bertz CT molecular complexity index is 994. The van der Waals surface area contributed by atoms with Gasteiger partial charge in [-0.15, -0.1) is 0 Å². The van der Waals surface area contributed by atoms with Crippen LogP contribution in [0.5, 0.6) is 17.2 Å². The maximum atomic E-state index is 5.40. The van der Waals surface area contributed by atoms with Gasteiger partial charge in [0.1, 0.15) is 17.2 Å². The SMILES string of the molecule is COc1ccc(OC)c(/C=N/n2c(-c3ccccc3OC)n[nH]c2=S)c1. The molecule has 0 aliphatic heterocycles. The summed E-state index contributed by atoms with van der Waals surface area (Å²) in [5, 5.41) is 11.5. The van der Waals surface area contributed by atoms with Crippen LogP contribution in [0.3, 0.4) is 0 Å². The lowest BCUT2D eigenvalue weighted by atomic mass is 10.2. The zero-order valence-corrected chi connectivity index (χ0v) is 15.4. The van der Waals surface area contributed by atoms with Crippen LogP contribution in [0.4, 0.5) is 0 Å². The summed E-state index contributed by atoms with van der Waals surface area (Å²) in [5.41, 5.74) is 1.53. The molecule has 2 aromatic carbocycles. The molecular formula is C18H18N4O3S. The number of nitrogens with zero attached hydrogens (tertiary/aromatic N) is 3. The van der Waals surface area contributed by atoms with Crippen LogP contribution in [0.15, 0.2) is 47.6 Å². The second-order valence-corrected chi connectivity index (χ2v) is 5.60. The van der Waals surface area contributed by atoms with Crippen LogP contribution in [0, 0.1) is 4.77 Å². The summed E-state index contributed by atoms with van der Waals surface area (Å²) < 4.78 is 17.9. The summed E-state index contributed by atoms with van der Waals surface area (Å²) in [5.74, 6) is 2.60. The Morgan fingerprint density at radius 2 is 1.81 bits per heavy atom. The minimum absolute atomic E-state index is 0.365. The minimum Gasteiger partial charge on any atom is -0.497 e. The zero-order valence-electron chi connectivity index (χ0n) is 14.6. The van der Waals surface area contributed by atoms with Gasteiger partial charge in [0.05, 0.1) is 33.1 Å². The lowest BCUT2D eigenvalue weighted by molar-refractivity contribution is 0.402. The molecule has 3 rings (SSSR count). The van der Waals surface area contributed by atoms with Crippen LogP contribution >= 0.6 is 12.2 Å². The third-order valence-electron chi connectivity index (χ3n) is 3.75. The molecule has 7 nitrogen and oxygen atoms in total. The minimum atomic E-state index is 0.365. The van der Waals surface area contributed by atoms with Crippen molar-refractivity contribution in [3.05, 3.63) is 52.8 Å². The third-order valence-corrected chi connectivity index (χ3v) is 4.01. The molecule has 0 bridgehead atoms. The van der Waals surface area contributed by atoms with Gasteiger partial charge in [-0.05, 0) is 42.5 Å². The second kappa shape index (κ2) is 7.83. The first-order valence-electron chi connectivity index (χ1n) is 7.75. The van der Waals surface area contributed by atoms with E-state index in [2.05, 4.69) is 15.3 Å². The van der Waals surface area contributed by atoms with E-state index in [0.717, 1.165) is 11.1 Å². The molecule has 1 aromatic heterocycles. The third kappa shape index (κ3) is 3.45. The van der Waals surface area contributed by atoms with E-state index in [1.54, 1.807) is 27.5 Å². The highest BCUT2D eigenvalue weighted by Gasteiger charge is 2.13. The highest BCUT2D eigenvalue weighted by Crippen LogP contribution is 2.28. The summed E-state index contributed by atoms with van der Waals surface area (Å²) in [4.78, 5) is 0. The molecule has 0 atom stereocenters. The monoisotopic (exact) mass is 370 g/mol. The van der Waals surface area contributed by atoms with Gasteiger partial charge in [-0.1, -0.05) is 12.1 Å². The molecule has 0 radical (unpaired) electrons. The van der Waals surface area contributed by atoms with Crippen molar-refractivity contribution in [2.75, 3.05) is 21.3 Å². The number of aromatic nitrogens is 3. The van der Waals surface area contributed by atoms with E-state index in [9.17, 15) is 0 Å². The first-order valence-corrected chi connectivity index (χ1v) is 8.16. The molecule has 0 saturated heterocycles. The van der Waals surface area contributed by atoms with Crippen LogP contribution in [0.25, 0.3) is 11.4 Å². The predicted molar refractivity (Wildman–Crippen MR) is 102 cm³/mol. The number of ether oxygens (including phenoxy) is 3. The molecule has 1 heterocycles. The lowest BCUT2D eigenvalue weighted by Crippen LogP contribution is -1.98. The van der Waals surface area contributed by atoms with Gasteiger partial charge >= 0.3 is 0 Å². The number of hydrogen-bond donors (Lipinski definition) is 1. The molecule has 134 valence electrons. The Morgan fingerprint density at radius 3 is 2.54 bits per heavy atom. The summed E-state index contributed by atoms with van der Waals surface area (Å²) in [7, 11) is 4.81. The van der Waals surface area contributed by atoms with Crippen LogP contribution in [-0.4, -0.2) is 42.4 Å². The average Bonchev–Trinajstić information content (AvgIpc) is 3.06. The quantitative estimate of drug-likeness (QED) is 0.531. The molecule has 3 aromatic rings. The van der Waals surface area contributed by atoms with Gasteiger partial charge in [-0.2, -0.15) is 14.9 Å². The fourth-order valence-corrected chi connectivity index (χ4v) is 2.64. The summed E-state index contributed by atoms with van der Waals surface area (Å²) >= 11 is 5.31. The Labute approximate surface area is 155 Å². The van der Waals surface area contributed by atoms with E-state index in [1.807, 2.05) is 42.5 Å². The molecule has 0 aliphatic carbocycles. The van der Waals surface area contributed by atoms with E-state index in [1.165, 1.54) is 4.68 Å². The van der Waals surface area contributed by atoms with Gasteiger partial charge in [0.15, 0.2) is 5.82 Å². The predicted octanol–water partition coefficient (Wildman–Crippen LogP) is 3.52. The van der Waals surface area contributed by atoms with E-state index >= 15 is 0 Å². The standard InChI is InChI=1S/C18H18N4O3S/c1-23-13-8-9-15(24-2)12(10-13)11-19-22-17(20-21-18(22)26)14-6-4-5-7-16(14)25-3/h4-11H,1-3H3,(H,21,26)/b19-11+. The van der Waals surface area contributed by atoms with Crippen LogP contribution in [0.1, 0.15) is 5.56 Å². The highest BCUT2D eigenvalue weighted by atomic mass is 32.1. The van der Waals surface area contributed by atoms with Crippen LogP contribution in [-0.2, 0) is 0 Å². The van der Waals surface area contributed by atoms with Crippen molar-refractivity contribution in [2.24, 2.45) is 5.10 Å². The van der Waals surface area contributed by atoms with Gasteiger partial charge in [0.2, 0.25) is 4.77 Å². The van der Waals surface area contributed by atoms with E-state index < -0.39 is 0 Å². The van der Waals surface area contributed by atoms with Gasteiger partial charge in [0.25, 0.3) is 0 Å². The molecule has 8 heteroatoms. The first-order chi connectivity index (χ1) is 12.7. The largest absolute Gasteiger partial charge is 0.497 e. The molecule has 0 aliphatic rings. The van der Waals surface area contributed by atoms with Gasteiger partial charge in [-0.25, -0.2) is 5.10 Å². The van der Waals surface area contributed by atoms with Crippen molar-refractivity contribution < 1.29 is 14.2 Å². The Balaban J connectivity index is 2.06. The number of para-hydroxylation sites is 1. The smallest absolute Gasteiger partial charge is 0.216 e. The van der Waals surface area contributed by atoms with E-state index in [0.29, 0.717) is 27.8 Å². The van der Waals surface area contributed by atoms with Crippen molar-refractivity contribution in [1.29, 1.82) is 0 Å². The van der Waals surface area contributed by atoms with Crippen molar-refractivity contribution in [3.63, 3.8) is 0 Å². The molecule has 0 fully saturated rings. The number of H-pyrrole nitrogens is 1. The van der Waals surface area contributed by atoms with Crippen molar-refractivity contribution >= 4 is 18.4 Å². The maximum absolute atomic E-state index is 5.40. The summed E-state index contributed by atoms with van der Waals surface area (Å²) in [6, 6.07) is 13.0. The summed E-state index contributed by atoms with van der Waals surface area (Å²) in [6.07, 6.45) is 1.64. The Kier molecular flexibility index (Phi) is 5.33. The highest BCUT2D eigenvalue weighted by molar-refractivity contribution is 7.71. The summed E-state index contributed by atoms with van der Waals surface area (Å²) in [6.45, 7) is 0. The Hall–Kier alpha value is -3.13. The number of aromatic amines is 1. The van der Waals surface area contributed by atoms with Crippen molar-refractivity contribution in [2.45, 2.75) is 0 Å². The number of methoxy groups -OCH3 is 3. The maximum Gasteiger partial charge on any atom is 0.216 e. The zero-order chi connectivity index (χ0) is 18.5. The number of benzene rings is 2. The molecule has 0 saturated carbocycles. The van der Waals surface area contributed by atoms with E-state index in [4.69, 9.17) is 26.4 Å². The molecule has 0 spiro atoms. The fourth-order valence-electron chi connectivity index (χ4n) is 2.46. The first kappa shape index (κ1) is 17.7. The van der Waals surface area contributed by atoms with Crippen LogP contribution < -0.4 is 14.2 Å². The van der Waals surface area contributed by atoms with Gasteiger partial charge in [-0.3, -0.25) is 0 Å². The van der Waals surface area contributed by atoms with Crippen LogP contribution in [0.2, 0.25) is 0 Å². The topological polar surface area (TPSA) is 73.7 Å². The molecule has 0 amide bonds. The molecule has 26 heavy (non-hydrogen) atoms. The average molecular weight is 370 g/mol. The number of hydrogen-bond acceptors (Lipinski definition) is 6. The molecule has 0 unspecified atom stereocenters. The van der Waals surface area contributed by atoms with Gasteiger partial charge < -0.3 is 14.2 Å². The normalized spacial score (nSPS) is 10.9. The van der Waals surface area contributed by atoms with E-state index in [-0.39, 0.29) is 0 Å². The number of nitrogens with one attached hydrogen (secondary N) is 1. The Morgan fingerprint density at radius 1 is 1.04 bits per heavy atom. The molecule has 1 N–H and O–H groups in total. The van der Waals surface area contributed by atoms with Crippen molar-refractivity contribution in [1.82, 2.24) is 14.9 Å². The van der Waals surface area contributed by atoms with Gasteiger partial charge in [0, 0.05) is 5.56 Å².